The number of nitrogens with two attached hydrogens (primary N) is 1. The van der Waals surface area contributed by atoms with E-state index in [0.29, 0.717) is 0 Å². The fourth-order valence-corrected chi connectivity index (χ4v) is 4.03. The van der Waals surface area contributed by atoms with Crippen molar-refractivity contribution in [2.45, 2.75) is 31.7 Å². The molecule has 1 aromatic heterocycles. The Bertz CT molecular complexity index is 565. The van der Waals surface area contributed by atoms with Crippen LogP contribution in [-0.4, -0.2) is 4.98 Å². The lowest BCUT2D eigenvalue weighted by Gasteiger charge is -2.15. The van der Waals surface area contributed by atoms with Gasteiger partial charge in [0.1, 0.15) is 0 Å². The molecule has 3 rings (SSSR count). The fraction of sp³-hybridized carbons (Fsp3) is 0.357. The third-order valence-corrected chi connectivity index (χ3v) is 5.00. The van der Waals surface area contributed by atoms with E-state index in [2.05, 4.69) is 34.1 Å². The summed E-state index contributed by atoms with van der Waals surface area (Å²) in [5.41, 5.74) is 8.68. The molecule has 0 aliphatic heterocycles. The number of rotatable bonds is 2. The number of benzene rings is 1. The zero-order chi connectivity index (χ0) is 12.5. The smallest absolute Gasteiger partial charge is 0.0975 e. The number of hydrogen-bond donors (Lipinski definition) is 1. The summed E-state index contributed by atoms with van der Waals surface area (Å²) in [4.78, 5) is 6.06. The van der Waals surface area contributed by atoms with Gasteiger partial charge in [-0.05, 0) is 37.0 Å². The molecule has 1 aromatic carbocycles. The number of nitrogens with zero attached hydrogens (tertiary/aromatic N) is 1. The van der Waals surface area contributed by atoms with Gasteiger partial charge in [-0.25, -0.2) is 4.98 Å². The van der Waals surface area contributed by atoms with Crippen molar-refractivity contribution in [2.75, 3.05) is 0 Å². The Balaban J connectivity index is 1.85. The van der Waals surface area contributed by atoms with E-state index in [1.54, 1.807) is 11.3 Å². The van der Waals surface area contributed by atoms with Crippen LogP contribution in [0.4, 0.5) is 0 Å². The molecule has 0 radical (unpaired) electrons. The molecule has 0 spiro atoms. The summed E-state index contributed by atoms with van der Waals surface area (Å²) in [6.45, 7) is 0. The summed E-state index contributed by atoms with van der Waals surface area (Å²) in [7, 11) is 0. The molecular weight excluding hydrogens is 308 g/mol. The van der Waals surface area contributed by atoms with Crippen molar-refractivity contribution in [1.29, 1.82) is 0 Å². The van der Waals surface area contributed by atoms with Crippen molar-refractivity contribution in [2.24, 2.45) is 5.73 Å². The van der Waals surface area contributed by atoms with Crippen molar-refractivity contribution in [3.8, 4) is 0 Å². The SMILES string of the molecule is NC1CCCc2nc(Cc3cccc(Br)c3)sc21. The van der Waals surface area contributed by atoms with Crippen LogP contribution < -0.4 is 5.73 Å². The third kappa shape index (κ3) is 2.51. The summed E-state index contributed by atoms with van der Waals surface area (Å²) >= 11 is 5.30. The molecule has 1 aliphatic rings. The van der Waals surface area contributed by atoms with Gasteiger partial charge in [0.05, 0.1) is 10.7 Å². The number of halogens is 1. The Hall–Kier alpha value is -0.710. The average Bonchev–Trinajstić information content (AvgIpc) is 2.73. The molecule has 94 valence electrons. The second-order valence-corrected chi connectivity index (χ2v) is 6.75. The minimum atomic E-state index is 0.211. The molecular formula is C14H15BrN2S. The van der Waals surface area contributed by atoms with Crippen LogP contribution in [0.3, 0.4) is 0 Å². The van der Waals surface area contributed by atoms with Crippen molar-refractivity contribution in [3.05, 3.63) is 49.9 Å². The zero-order valence-electron chi connectivity index (χ0n) is 10.0. The highest BCUT2D eigenvalue weighted by molar-refractivity contribution is 9.10. The minimum Gasteiger partial charge on any atom is -0.323 e. The first-order chi connectivity index (χ1) is 8.72. The topological polar surface area (TPSA) is 38.9 Å². The van der Waals surface area contributed by atoms with E-state index in [1.807, 2.05) is 6.07 Å². The predicted octanol–water partition coefficient (Wildman–Crippen LogP) is 3.83. The average molecular weight is 323 g/mol. The van der Waals surface area contributed by atoms with Gasteiger partial charge in [0.25, 0.3) is 0 Å². The lowest BCUT2D eigenvalue weighted by Crippen LogP contribution is -2.15. The highest BCUT2D eigenvalue weighted by Crippen LogP contribution is 2.33. The van der Waals surface area contributed by atoms with Crippen LogP contribution in [0.5, 0.6) is 0 Å². The molecule has 1 heterocycles. The molecule has 0 bridgehead atoms. The number of thiazole rings is 1. The normalized spacial score (nSPS) is 18.7. The number of aromatic nitrogens is 1. The number of hydrogen-bond acceptors (Lipinski definition) is 3. The molecule has 0 amide bonds. The fourth-order valence-electron chi connectivity index (χ4n) is 2.40. The Morgan fingerprint density at radius 3 is 3.11 bits per heavy atom. The first-order valence-corrected chi connectivity index (χ1v) is 7.82. The van der Waals surface area contributed by atoms with Gasteiger partial charge in [-0.2, -0.15) is 0 Å². The lowest BCUT2D eigenvalue weighted by molar-refractivity contribution is 0.573. The largest absolute Gasteiger partial charge is 0.323 e. The molecule has 1 aliphatic carbocycles. The van der Waals surface area contributed by atoms with E-state index < -0.39 is 0 Å². The van der Waals surface area contributed by atoms with Crippen molar-refractivity contribution < 1.29 is 0 Å². The standard InChI is InChI=1S/C14H15BrN2S/c15-10-4-1-3-9(7-10)8-13-17-12-6-2-5-11(16)14(12)18-13/h1,3-4,7,11H,2,5-6,8,16H2. The number of fused-ring (bicyclic) bond motifs is 1. The van der Waals surface area contributed by atoms with E-state index in [9.17, 15) is 0 Å². The minimum absolute atomic E-state index is 0.211. The van der Waals surface area contributed by atoms with Crippen LogP contribution in [0.2, 0.25) is 0 Å². The monoisotopic (exact) mass is 322 g/mol. The molecule has 4 heteroatoms. The van der Waals surface area contributed by atoms with Gasteiger partial charge >= 0.3 is 0 Å². The maximum atomic E-state index is 6.14. The second-order valence-electron chi connectivity index (χ2n) is 4.72. The molecule has 2 N–H and O–H groups in total. The summed E-state index contributed by atoms with van der Waals surface area (Å²) in [6.07, 6.45) is 4.28. The van der Waals surface area contributed by atoms with Crippen LogP contribution in [0.15, 0.2) is 28.7 Å². The van der Waals surface area contributed by atoms with E-state index in [4.69, 9.17) is 10.7 Å². The van der Waals surface area contributed by atoms with E-state index in [0.717, 1.165) is 23.7 Å². The first kappa shape index (κ1) is 12.3. The summed E-state index contributed by atoms with van der Waals surface area (Å²) in [6, 6.07) is 8.62. The molecule has 2 aromatic rings. The van der Waals surface area contributed by atoms with Gasteiger partial charge < -0.3 is 5.73 Å². The van der Waals surface area contributed by atoms with Gasteiger partial charge in [0, 0.05) is 21.8 Å². The molecule has 0 saturated carbocycles. The van der Waals surface area contributed by atoms with Gasteiger partial charge in [-0.15, -0.1) is 11.3 Å². The van der Waals surface area contributed by atoms with Crippen molar-refractivity contribution in [1.82, 2.24) is 4.98 Å². The zero-order valence-corrected chi connectivity index (χ0v) is 12.4. The van der Waals surface area contributed by atoms with E-state index in [1.165, 1.54) is 27.6 Å². The van der Waals surface area contributed by atoms with Crippen LogP contribution in [0.25, 0.3) is 0 Å². The quantitative estimate of drug-likeness (QED) is 0.912. The Kier molecular flexibility index (Phi) is 3.50. The van der Waals surface area contributed by atoms with Crippen molar-refractivity contribution >= 4 is 27.3 Å². The maximum Gasteiger partial charge on any atom is 0.0975 e. The van der Waals surface area contributed by atoms with Crippen LogP contribution in [0, 0.1) is 0 Å². The molecule has 0 fully saturated rings. The first-order valence-electron chi connectivity index (χ1n) is 6.21. The predicted molar refractivity (Wildman–Crippen MR) is 78.9 cm³/mol. The van der Waals surface area contributed by atoms with E-state index in [-0.39, 0.29) is 6.04 Å². The Morgan fingerprint density at radius 2 is 2.33 bits per heavy atom. The highest BCUT2D eigenvalue weighted by atomic mass is 79.9. The third-order valence-electron chi connectivity index (χ3n) is 3.28. The van der Waals surface area contributed by atoms with Gasteiger partial charge in [-0.3, -0.25) is 0 Å². The van der Waals surface area contributed by atoms with Gasteiger partial charge in [0.15, 0.2) is 0 Å². The molecule has 1 unspecified atom stereocenters. The molecule has 1 atom stereocenters. The summed E-state index contributed by atoms with van der Waals surface area (Å²) in [5.74, 6) is 0. The van der Waals surface area contributed by atoms with E-state index >= 15 is 0 Å². The molecule has 0 saturated heterocycles. The Labute approximate surface area is 119 Å². The second kappa shape index (κ2) is 5.11. The lowest BCUT2D eigenvalue weighted by atomic mass is 9.99. The number of aryl methyl sites for hydroxylation is 1. The van der Waals surface area contributed by atoms with Crippen LogP contribution in [0.1, 0.15) is 40.0 Å². The van der Waals surface area contributed by atoms with Crippen LogP contribution in [-0.2, 0) is 12.8 Å². The summed E-state index contributed by atoms with van der Waals surface area (Å²) in [5, 5.41) is 1.19. The highest BCUT2D eigenvalue weighted by Gasteiger charge is 2.21. The summed E-state index contributed by atoms with van der Waals surface area (Å²) < 4.78 is 1.12. The molecule has 2 nitrogen and oxygen atoms in total. The molecule has 18 heavy (non-hydrogen) atoms. The van der Waals surface area contributed by atoms with Crippen LogP contribution >= 0.6 is 27.3 Å². The van der Waals surface area contributed by atoms with Crippen molar-refractivity contribution in [3.63, 3.8) is 0 Å². The Morgan fingerprint density at radius 1 is 1.44 bits per heavy atom. The van der Waals surface area contributed by atoms with Gasteiger partial charge in [-0.1, -0.05) is 28.1 Å². The van der Waals surface area contributed by atoms with Gasteiger partial charge in [0.2, 0.25) is 0 Å². The maximum absolute atomic E-state index is 6.14.